The number of thiazole rings is 1. The molecule has 1 saturated heterocycles. The Kier molecular flexibility index (Phi) is 7.05. The maximum Gasteiger partial charge on any atom is 0.289 e. The summed E-state index contributed by atoms with van der Waals surface area (Å²) < 4.78 is 6.38. The molecule has 0 spiro atoms. The van der Waals surface area contributed by atoms with Crippen molar-refractivity contribution in [2.45, 2.75) is 12.8 Å². The number of furan rings is 1. The van der Waals surface area contributed by atoms with Gasteiger partial charge in [0.05, 0.1) is 22.0 Å². The third kappa shape index (κ3) is 5.68. The lowest BCUT2D eigenvalue weighted by molar-refractivity contribution is 0.0714. The van der Waals surface area contributed by atoms with Crippen LogP contribution in [0.2, 0.25) is 0 Å². The molecule has 2 N–H and O–H groups in total. The molecule has 10 nitrogen and oxygen atoms in total. The first-order chi connectivity index (χ1) is 19.1. The van der Waals surface area contributed by atoms with E-state index < -0.39 is 0 Å². The Bertz CT molecular complexity index is 1550. The van der Waals surface area contributed by atoms with E-state index in [0.29, 0.717) is 56.3 Å². The van der Waals surface area contributed by atoms with E-state index in [2.05, 4.69) is 44.6 Å². The number of nitrogens with zero attached hydrogens (tertiary/aromatic N) is 6. The van der Waals surface area contributed by atoms with Crippen LogP contribution < -0.4 is 15.5 Å². The highest BCUT2D eigenvalue weighted by atomic mass is 32.1. The molecule has 0 aliphatic carbocycles. The van der Waals surface area contributed by atoms with Gasteiger partial charge in [-0.15, -0.1) is 11.3 Å². The Balaban J connectivity index is 1.21. The summed E-state index contributed by atoms with van der Waals surface area (Å²) >= 11 is 1.59. The second-order valence-corrected chi connectivity index (χ2v) is 10.3. The number of piperazine rings is 1. The third-order valence-corrected chi connectivity index (χ3v) is 7.52. The summed E-state index contributed by atoms with van der Waals surface area (Å²) in [6.45, 7) is 5.13. The molecule has 1 atom stereocenters. The first-order valence-electron chi connectivity index (χ1n) is 12.9. The number of nitrogens with one attached hydrogen (secondary N) is 2. The average molecular weight is 541 g/mol. The van der Waals surface area contributed by atoms with E-state index in [0.717, 1.165) is 15.9 Å². The number of benzene rings is 2. The summed E-state index contributed by atoms with van der Waals surface area (Å²) in [5.74, 6) is 2.03. The van der Waals surface area contributed by atoms with Crippen molar-refractivity contribution in [1.29, 1.82) is 0 Å². The zero-order chi connectivity index (χ0) is 26.6. The minimum absolute atomic E-state index is 0.103. The van der Waals surface area contributed by atoms with Gasteiger partial charge in [0.25, 0.3) is 5.91 Å². The topological polar surface area (TPSA) is 112 Å². The van der Waals surface area contributed by atoms with Gasteiger partial charge in [0.15, 0.2) is 5.76 Å². The number of aromatic nitrogens is 4. The lowest BCUT2D eigenvalue weighted by Gasteiger charge is -2.34. The number of rotatable bonds is 8. The number of carbonyl (C=O) groups excluding carboxylic acids is 1. The standard InChI is InChI=1S/C28H28N8O2S/c1-19(20-6-3-2-4-7-20)17-29-26-32-27(31-21-9-10-22-24(16-21)39-18-30-22)34-28(33-26)36-13-11-35(12-14-36)25(37)23-8-5-15-38-23/h2-10,15-16,18-19H,11-14,17H2,1H3,(H2,29,31,32,33,34). The fourth-order valence-electron chi connectivity index (χ4n) is 4.51. The lowest BCUT2D eigenvalue weighted by Crippen LogP contribution is -2.49. The van der Waals surface area contributed by atoms with Crippen molar-refractivity contribution in [1.82, 2.24) is 24.8 Å². The quantitative estimate of drug-likeness (QED) is 0.281. The van der Waals surface area contributed by atoms with Gasteiger partial charge >= 0.3 is 0 Å². The predicted octanol–water partition coefficient (Wildman–Crippen LogP) is 5.00. The highest BCUT2D eigenvalue weighted by Gasteiger charge is 2.25. The van der Waals surface area contributed by atoms with Gasteiger partial charge in [0.1, 0.15) is 0 Å². The molecule has 198 valence electrons. The molecular formula is C28H28N8O2S. The van der Waals surface area contributed by atoms with E-state index in [-0.39, 0.29) is 11.8 Å². The third-order valence-electron chi connectivity index (χ3n) is 6.73. The molecule has 3 aromatic heterocycles. The molecule has 1 aliphatic rings. The van der Waals surface area contributed by atoms with Crippen LogP contribution in [0, 0.1) is 0 Å². The number of anilines is 4. The molecule has 1 fully saturated rings. The molecule has 0 saturated carbocycles. The largest absolute Gasteiger partial charge is 0.459 e. The monoisotopic (exact) mass is 540 g/mol. The lowest BCUT2D eigenvalue weighted by atomic mass is 10.0. The summed E-state index contributed by atoms with van der Waals surface area (Å²) in [6.07, 6.45) is 1.52. The van der Waals surface area contributed by atoms with Crippen molar-refractivity contribution in [3.63, 3.8) is 0 Å². The number of hydrogen-bond donors (Lipinski definition) is 2. The first kappa shape index (κ1) is 24.8. The maximum absolute atomic E-state index is 12.7. The molecule has 2 aromatic carbocycles. The van der Waals surface area contributed by atoms with Crippen LogP contribution in [-0.4, -0.2) is 63.5 Å². The van der Waals surface area contributed by atoms with Gasteiger partial charge < -0.3 is 24.9 Å². The molecule has 0 bridgehead atoms. The van der Waals surface area contributed by atoms with Crippen molar-refractivity contribution in [3.05, 3.63) is 83.8 Å². The van der Waals surface area contributed by atoms with Gasteiger partial charge in [-0.25, -0.2) is 4.98 Å². The molecular weight excluding hydrogens is 512 g/mol. The molecule has 39 heavy (non-hydrogen) atoms. The van der Waals surface area contributed by atoms with E-state index in [1.165, 1.54) is 11.8 Å². The predicted molar refractivity (Wildman–Crippen MR) is 153 cm³/mol. The number of amides is 1. The zero-order valence-electron chi connectivity index (χ0n) is 21.4. The van der Waals surface area contributed by atoms with Gasteiger partial charge in [-0.2, -0.15) is 15.0 Å². The number of hydrogen-bond acceptors (Lipinski definition) is 10. The molecule has 6 rings (SSSR count). The van der Waals surface area contributed by atoms with E-state index in [1.54, 1.807) is 28.4 Å². The van der Waals surface area contributed by atoms with Gasteiger partial charge in [0.2, 0.25) is 17.8 Å². The Morgan fingerprint density at radius 1 is 1.00 bits per heavy atom. The molecule has 11 heteroatoms. The van der Waals surface area contributed by atoms with Gasteiger partial charge in [-0.05, 0) is 41.8 Å². The average Bonchev–Trinajstić information content (AvgIpc) is 3.69. The van der Waals surface area contributed by atoms with E-state index >= 15 is 0 Å². The summed E-state index contributed by atoms with van der Waals surface area (Å²) in [6, 6.07) is 19.8. The Hall–Kier alpha value is -4.51. The van der Waals surface area contributed by atoms with E-state index in [9.17, 15) is 4.79 Å². The molecule has 1 aliphatic heterocycles. The van der Waals surface area contributed by atoms with Crippen LogP contribution in [0.15, 0.2) is 76.9 Å². The second-order valence-electron chi connectivity index (χ2n) is 9.39. The van der Waals surface area contributed by atoms with Crippen LogP contribution in [0.5, 0.6) is 0 Å². The van der Waals surface area contributed by atoms with Gasteiger partial charge in [0, 0.05) is 38.4 Å². The Morgan fingerprint density at radius 3 is 2.62 bits per heavy atom. The molecule has 4 heterocycles. The fourth-order valence-corrected chi connectivity index (χ4v) is 5.23. The minimum Gasteiger partial charge on any atom is -0.459 e. The zero-order valence-corrected chi connectivity index (χ0v) is 22.3. The first-order valence-corrected chi connectivity index (χ1v) is 13.7. The fraction of sp³-hybridized carbons (Fsp3) is 0.250. The molecule has 0 radical (unpaired) electrons. The van der Waals surface area contributed by atoms with Crippen LogP contribution in [0.3, 0.4) is 0 Å². The van der Waals surface area contributed by atoms with Crippen molar-refractivity contribution < 1.29 is 9.21 Å². The molecule has 5 aromatic rings. The Labute approximate surface area is 229 Å². The van der Waals surface area contributed by atoms with Crippen molar-refractivity contribution >= 4 is 51.0 Å². The van der Waals surface area contributed by atoms with Crippen LogP contribution in [0.25, 0.3) is 10.2 Å². The van der Waals surface area contributed by atoms with E-state index in [4.69, 9.17) is 14.4 Å². The molecule has 1 unspecified atom stereocenters. The smallest absolute Gasteiger partial charge is 0.289 e. The summed E-state index contributed by atoms with van der Waals surface area (Å²) in [7, 11) is 0. The second kappa shape index (κ2) is 11.1. The van der Waals surface area contributed by atoms with Crippen molar-refractivity contribution in [3.8, 4) is 0 Å². The van der Waals surface area contributed by atoms with E-state index in [1.807, 2.05) is 41.9 Å². The number of fused-ring (bicyclic) bond motifs is 1. The number of carbonyl (C=O) groups is 1. The van der Waals surface area contributed by atoms with Gasteiger partial charge in [-0.1, -0.05) is 37.3 Å². The minimum atomic E-state index is -0.103. The SMILES string of the molecule is CC(CNc1nc(Nc2ccc3ncsc3c2)nc(N2CCN(C(=O)c3ccco3)CC2)n1)c1ccccc1. The van der Waals surface area contributed by atoms with Gasteiger partial charge in [-0.3, -0.25) is 4.79 Å². The highest BCUT2D eigenvalue weighted by molar-refractivity contribution is 7.16. The Morgan fingerprint density at radius 2 is 1.82 bits per heavy atom. The maximum atomic E-state index is 12.7. The van der Waals surface area contributed by atoms with Crippen LogP contribution in [-0.2, 0) is 0 Å². The van der Waals surface area contributed by atoms with Crippen molar-refractivity contribution in [2.24, 2.45) is 0 Å². The normalized spacial score (nSPS) is 14.4. The highest BCUT2D eigenvalue weighted by Crippen LogP contribution is 2.25. The molecule has 1 amide bonds. The summed E-state index contributed by atoms with van der Waals surface area (Å²) in [4.78, 5) is 35.1. The van der Waals surface area contributed by atoms with Crippen LogP contribution in [0.1, 0.15) is 29.0 Å². The van der Waals surface area contributed by atoms with Crippen molar-refractivity contribution in [2.75, 3.05) is 48.3 Å². The summed E-state index contributed by atoms with van der Waals surface area (Å²) in [5.41, 5.74) is 4.91. The van der Waals surface area contributed by atoms with Crippen LogP contribution >= 0.6 is 11.3 Å². The van der Waals surface area contributed by atoms with Crippen LogP contribution in [0.4, 0.5) is 23.5 Å². The summed E-state index contributed by atoms with van der Waals surface area (Å²) in [5, 5.41) is 6.75.